The SMILES string of the molecule is Cc1cc(C=C2C(=O)NC(=O)N(c3ccc(F)cc3)C2=O)c(C)n1-c1ccc(C(C)(C)C)cc1. The molecule has 0 spiro atoms. The molecule has 174 valence electrons. The number of urea groups is 1. The number of imide groups is 2. The van der Waals surface area contributed by atoms with Crippen LogP contribution in [0, 0.1) is 19.7 Å². The van der Waals surface area contributed by atoms with Gasteiger partial charge in [-0.1, -0.05) is 32.9 Å². The minimum absolute atomic E-state index is 0.0391. The summed E-state index contributed by atoms with van der Waals surface area (Å²) in [6, 6.07) is 14.2. The monoisotopic (exact) mass is 459 g/mol. The molecule has 34 heavy (non-hydrogen) atoms. The van der Waals surface area contributed by atoms with Crippen LogP contribution in [0.1, 0.15) is 43.3 Å². The van der Waals surface area contributed by atoms with Gasteiger partial charge in [0.05, 0.1) is 5.69 Å². The van der Waals surface area contributed by atoms with E-state index in [4.69, 9.17) is 0 Å². The summed E-state index contributed by atoms with van der Waals surface area (Å²) >= 11 is 0. The molecule has 1 N–H and O–H groups in total. The van der Waals surface area contributed by atoms with E-state index in [2.05, 4.69) is 38.2 Å². The third-order valence-corrected chi connectivity index (χ3v) is 5.95. The van der Waals surface area contributed by atoms with E-state index in [0.717, 1.165) is 34.1 Å². The highest BCUT2D eigenvalue weighted by molar-refractivity contribution is 6.39. The molecule has 2 aromatic carbocycles. The Balaban J connectivity index is 1.72. The van der Waals surface area contributed by atoms with Crippen LogP contribution in [-0.2, 0) is 15.0 Å². The Morgan fingerprint density at radius 3 is 2.06 bits per heavy atom. The van der Waals surface area contributed by atoms with Gasteiger partial charge in [-0.3, -0.25) is 14.9 Å². The number of anilines is 1. The summed E-state index contributed by atoms with van der Waals surface area (Å²) in [5, 5.41) is 2.19. The minimum atomic E-state index is -0.872. The summed E-state index contributed by atoms with van der Waals surface area (Å²) in [5.74, 6) is -2.03. The maximum atomic E-state index is 13.3. The number of aryl methyl sites for hydroxylation is 1. The third-order valence-electron chi connectivity index (χ3n) is 5.95. The topological polar surface area (TPSA) is 71.4 Å². The molecule has 0 unspecified atom stereocenters. The predicted octanol–water partition coefficient (Wildman–Crippen LogP) is 5.20. The fourth-order valence-electron chi connectivity index (χ4n) is 4.08. The molecule has 0 atom stereocenters. The second-order valence-electron chi connectivity index (χ2n) is 9.39. The molecule has 1 aromatic heterocycles. The number of hydrogen-bond acceptors (Lipinski definition) is 3. The van der Waals surface area contributed by atoms with Crippen LogP contribution in [0.15, 0.2) is 60.2 Å². The summed E-state index contributed by atoms with van der Waals surface area (Å²) in [6.45, 7) is 10.3. The van der Waals surface area contributed by atoms with Gasteiger partial charge in [0.15, 0.2) is 0 Å². The molecule has 0 aliphatic carbocycles. The number of rotatable bonds is 3. The van der Waals surface area contributed by atoms with Crippen molar-refractivity contribution >= 4 is 29.6 Å². The molecule has 6 nitrogen and oxygen atoms in total. The molecule has 1 saturated heterocycles. The molecule has 1 fully saturated rings. The Kier molecular flexibility index (Phi) is 5.73. The maximum absolute atomic E-state index is 13.3. The Morgan fingerprint density at radius 2 is 1.47 bits per heavy atom. The number of carbonyl (C=O) groups is 3. The molecule has 0 bridgehead atoms. The average Bonchev–Trinajstić information content (AvgIpc) is 3.04. The van der Waals surface area contributed by atoms with E-state index in [-0.39, 0.29) is 16.7 Å². The zero-order valence-corrected chi connectivity index (χ0v) is 19.8. The Bertz CT molecular complexity index is 1330. The smallest absolute Gasteiger partial charge is 0.318 e. The van der Waals surface area contributed by atoms with Gasteiger partial charge in [-0.2, -0.15) is 0 Å². The van der Waals surface area contributed by atoms with Crippen molar-refractivity contribution in [1.29, 1.82) is 0 Å². The molecule has 2 heterocycles. The van der Waals surface area contributed by atoms with Crippen LogP contribution in [0.3, 0.4) is 0 Å². The highest BCUT2D eigenvalue weighted by Gasteiger charge is 2.37. The van der Waals surface area contributed by atoms with Gasteiger partial charge >= 0.3 is 6.03 Å². The van der Waals surface area contributed by atoms with Gasteiger partial charge in [-0.05, 0) is 78.9 Å². The summed E-state index contributed by atoms with van der Waals surface area (Å²) in [5.41, 5.74) is 4.69. The predicted molar refractivity (Wildman–Crippen MR) is 129 cm³/mol. The fourth-order valence-corrected chi connectivity index (χ4v) is 4.08. The van der Waals surface area contributed by atoms with E-state index in [1.165, 1.54) is 23.8 Å². The van der Waals surface area contributed by atoms with E-state index >= 15 is 0 Å². The zero-order valence-electron chi connectivity index (χ0n) is 19.8. The Labute approximate surface area is 197 Å². The molecular formula is C27H26FN3O3. The average molecular weight is 460 g/mol. The maximum Gasteiger partial charge on any atom is 0.335 e. The summed E-state index contributed by atoms with van der Waals surface area (Å²) in [6.07, 6.45) is 1.49. The lowest BCUT2D eigenvalue weighted by Crippen LogP contribution is -2.54. The van der Waals surface area contributed by atoms with Gasteiger partial charge in [0.2, 0.25) is 0 Å². The van der Waals surface area contributed by atoms with Crippen LogP contribution in [0.5, 0.6) is 0 Å². The lowest BCUT2D eigenvalue weighted by molar-refractivity contribution is -0.122. The number of benzene rings is 2. The lowest BCUT2D eigenvalue weighted by Gasteiger charge is -2.26. The van der Waals surface area contributed by atoms with Crippen LogP contribution in [-0.4, -0.2) is 22.4 Å². The highest BCUT2D eigenvalue weighted by Crippen LogP contribution is 2.28. The van der Waals surface area contributed by atoms with Gasteiger partial charge in [0.25, 0.3) is 11.8 Å². The van der Waals surface area contributed by atoms with Crippen molar-refractivity contribution in [1.82, 2.24) is 9.88 Å². The number of hydrogen-bond donors (Lipinski definition) is 1. The summed E-state index contributed by atoms with van der Waals surface area (Å²) < 4.78 is 15.4. The van der Waals surface area contributed by atoms with Gasteiger partial charge in [-0.15, -0.1) is 0 Å². The molecule has 0 radical (unpaired) electrons. The molecule has 3 aromatic rings. The first-order chi connectivity index (χ1) is 16.0. The highest BCUT2D eigenvalue weighted by atomic mass is 19.1. The van der Waals surface area contributed by atoms with E-state index in [1.54, 1.807) is 0 Å². The third kappa shape index (κ3) is 4.17. The standard InChI is InChI=1S/C27H26FN3O3/c1-16-14-18(17(2)30(16)21-10-6-19(7-11-21)27(3,4)5)15-23-24(32)29-26(34)31(25(23)33)22-12-8-20(28)9-13-22/h6-15H,1-5H3,(H,29,32,34). The molecule has 4 rings (SSSR count). The van der Waals surface area contributed by atoms with Crippen LogP contribution < -0.4 is 10.2 Å². The molecular weight excluding hydrogens is 433 g/mol. The van der Waals surface area contributed by atoms with Gasteiger partial charge in [-0.25, -0.2) is 14.1 Å². The van der Waals surface area contributed by atoms with Crippen molar-refractivity contribution in [2.24, 2.45) is 0 Å². The number of nitrogens with zero attached hydrogens (tertiary/aromatic N) is 2. The normalized spacial score (nSPS) is 15.8. The number of barbiturate groups is 1. The Morgan fingerprint density at radius 1 is 0.882 bits per heavy atom. The number of carbonyl (C=O) groups excluding carboxylic acids is 3. The molecule has 1 aliphatic rings. The van der Waals surface area contributed by atoms with Crippen molar-refractivity contribution in [3.05, 3.63) is 88.5 Å². The number of halogens is 1. The lowest BCUT2D eigenvalue weighted by atomic mass is 9.87. The van der Waals surface area contributed by atoms with Crippen LogP contribution in [0.4, 0.5) is 14.9 Å². The first-order valence-electron chi connectivity index (χ1n) is 10.9. The first-order valence-corrected chi connectivity index (χ1v) is 10.9. The molecule has 0 saturated carbocycles. The van der Waals surface area contributed by atoms with Gasteiger partial charge < -0.3 is 4.57 Å². The quantitative estimate of drug-likeness (QED) is 0.432. The minimum Gasteiger partial charge on any atom is -0.318 e. The van der Waals surface area contributed by atoms with E-state index < -0.39 is 23.7 Å². The number of amides is 4. The van der Waals surface area contributed by atoms with Crippen molar-refractivity contribution in [3.8, 4) is 5.69 Å². The van der Waals surface area contributed by atoms with Crippen LogP contribution >= 0.6 is 0 Å². The largest absolute Gasteiger partial charge is 0.335 e. The molecule has 1 aliphatic heterocycles. The van der Waals surface area contributed by atoms with E-state index in [0.29, 0.717) is 5.56 Å². The summed E-state index contributed by atoms with van der Waals surface area (Å²) in [7, 11) is 0. The second kappa shape index (κ2) is 8.41. The van der Waals surface area contributed by atoms with Crippen molar-refractivity contribution in [2.75, 3.05) is 4.90 Å². The molecule has 4 amide bonds. The molecule has 7 heteroatoms. The zero-order chi connectivity index (χ0) is 24.8. The van der Waals surface area contributed by atoms with E-state index in [9.17, 15) is 18.8 Å². The van der Waals surface area contributed by atoms with Crippen LogP contribution in [0.25, 0.3) is 11.8 Å². The number of nitrogens with one attached hydrogen (secondary N) is 1. The fraction of sp³-hybridized carbons (Fsp3) is 0.222. The first kappa shape index (κ1) is 23.2. The van der Waals surface area contributed by atoms with E-state index in [1.807, 2.05) is 36.6 Å². The van der Waals surface area contributed by atoms with Gasteiger partial charge in [0, 0.05) is 17.1 Å². The Hall–Kier alpha value is -4.00. The van der Waals surface area contributed by atoms with Crippen molar-refractivity contribution < 1.29 is 18.8 Å². The number of aromatic nitrogens is 1. The second-order valence-corrected chi connectivity index (χ2v) is 9.39. The van der Waals surface area contributed by atoms with Crippen molar-refractivity contribution in [2.45, 2.75) is 40.0 Å². The summed E-state index contributed by atoms with van der Waals surface area (Å²) in [4.78, 5) is 38.8. The van der Waals surface area contributed by atoms with Crippen molar-refractivity contribution in [3.63, 3.8) is 0 Å². The van der Waals surface area contributed by atoms with Gasteiger partial charge in [0.1, 0.15) is 11.4 Å². The van der Waals surface area contributed by atoms with Crippen LogP contribution in [0.2, 0.25) is 0 Å².